The normalized spacial score (nSPS) is 10.4. The number of carbonyl (C=O) groups is 1. The first-order valence-corrected chi connectivity index (χ1v) is 7.06. The van der Waals surface area contributed by atoms with Crippen molar-refractivity contribution in [3.05, 3.63) is 58.7 Å². The van der Waals surface area contributed by atoms with Crippen LogP contribution in [0.3, 0.4) is 0 Å². The average molecular weight is 305 g/mol. The van der Waals surface area contributed by atoms with Crippen LogP contribution in [0.25, 0.3) is 0 Å². The Labute approximate surface area is 129 Å². The number of benzene rings is 1. The molecule has 0 spiro atoms. The second-order valence-electron chi connectivity index (χ2n) is 4.67. The summed E-state index contributed by atoms with van der Waals surface area (Å²) in [6.07, 6.45) is 2.35. The average Bonchev–Trinajstić information content (AvgIpc) is 2.46. The zero-order chi connectivity index (χ0) is 15.1. The molecule has 4 nitrogen and oxygen atoms in total. The van der Waals surface area contributed by atoms with E-state index in [0.717, 1.165) is 6.42 Å². The van der Waals surface area contributed by atoms with Gasteiger partial charge in [-0.1, -0.05) is 41.4 Å². The number of nitrogens with one attached hydrogen (secondary N) is 1. The van der Waals surface area contributed by atoms with Crippen LogP contribution in [0.2, 0.25) is 5.02 Å². The number of hydrogen-bond donors (Lipinski definition) is 1. The smallest absolute Gasteiger partial charge is 0.251 e. The van der Waals surface area contributed by atoms with Gasteiger partial charge < -0.3 is 10.1 Å². The highest BCUT2D eigenvalue weighted by Crippen LogP contribution is 2.16. The second kappa shape index (κ2) is 7.76. The van der Waals surface area contributed by atoms with E-state index in [1.807, 2.05) is 12.1 Å². The van der Waals surface area contributed by atoms with Crippen LogP contribution < -0.4 is 5.32 Å². The highest BCUT2D eigenvalue weighted by atomic mass is 35.5. The van der Waals surface area contributed by atoms with Crippen molar-refractivity contribution in [3.63, 3.8) is 0 Å². The number of ether oxygens (including phenoxy) is 1. The quantitative estimate of drug-likeness (QED) is 0.834. The van der Waals surface area contributed by atoms with Crippen molar-refractivity contribution in [2.45, 2.75) is 13.3 Å². The molecule has 0 fully saturated rings. The number of hydrogen-bond acceptors (Lipinski definition) is 3. The lowest BCUT2D eigenvalue weighted by Gasteiger charge is -2.07. The molecule has 0 atom stereocenters. The maximum absolute atomic E-state index is 11.7. The zero-order valence-electron chi connectivity index (χ0n) is 11.8. The first-order valence-electron chi connectivity index (χ1n) is 6.69. The molecule has 1 aromatic carbocycles. The van der Waals surface area contributed by atoms with Gasteiger partial charge in [-0.2, -0.15) is 0 Å². The molecule has 2 aromatic rings. The van der Waals surface area contributed by atoms with Crippen molar-refractivity contribution in [3.8, 4) is 0 Å². The number of nitrogens with zero attached hydrogens (tertiary/aromatic N) is 1. The van der Waals surface area contributed by atoms with Crippen molar-refractivity contribution in [2.24, 2.45) is 0 Å². The standard InChI is InChI=1S/C16H17ClN2O2/c1-12-4-2-5-13(10-12)7-9-21-11-15(20)19-16-14(17)6-3-8-18-16/h2-6,8,10H,7,9,11H2,1H3,(H,18,19,20). The zero-order valence-corrected chi connectivity index (χ0v) is 12.6. The molecule has 1 N–H and O–H groups in total. The van der Waals surface area contributed by atoms with E-state index in [9.17, 15) is 4.79 Å². The molecule has 0 aliphatic carbocycles. The molecule has 0 bridgehead atoms. The Kier molecular flexibility index (Phi) is 5.72. The molecule has 1 heterocycles. The van der Waals surface area contributed by atoms with Crippen LogP contribution in [-0.2, 0) is 16.0 Å². The molecular weight excluding hydrogens is 288 g/mol. The largest absolute Gasteiger partial charge is 0.371 e. The van der Waals surface area contributed by atoms with E-state index in [4.69, 9.17) is 16.3 Å². The molecular formula is C16H17ClN2O2. The summed E-state index contributed by atoms with van der Waals surface area (Å²) >= 11 is 5.91. The van der Waals surface area contributed by atoms with E-state index in [1.165, 1.54) is 11.1 Å². The molecule has 2 rings (SSSR count). The first kappa shape index (κ1) is 15.5. The Morgan fingerprint density at radius 2 is 2.19 bits per heavy atom. The van der Waals surface area contributed by atoms with Gasteiger partial charge in [0.1, 0.15) is 6.61 Å². The van der Waals surface area contributed by atoms with Gasteiger partial charge in [-0.25, -0.2) is 4.98 Å². The third-order valence-corrected chi connectivity index (χ3v) is 3.17. The van der Waals surface area contributed by atoms with Crippen molar-refractivity contribution in [2.75, 3.05) is 18.5 Å². The summed E-state index contributed by atoms with van der Waals surface area (Å²) < 4.78 is 5.37. The maximum atomic E-state index is 11.7. The number of anilines is 1. The lowest BCUT2D eigenvalue weighted by molar-refractivity contribution is -0.120. The summed E-state index contributed by atoms with van der Waals surface area (Å²) in [5.41, 5.74) is 2.42. The van der Waals surface area contributed by atoms with Crippen molar-refractivity contribution in [1.29, 1.82) is 0 Å². The molecule has 5 heteroatoms. The summed E-state index contributed by atoms with van der Waals surface area (Å²) in [4.78, 5) is 15.7. The molecule has 0 aliphatic heterocycles. The maximum Gasteiger partial charge on any atom is 0.251 e. The van der Waals surface area contributed by atoms with Crippen molar-refractivity contribution >= 4 is 23.3 Å². The molecule has 110 valence electrons. The number of amides is 1. The van der Waals surface area contributed by atoms with Gasteiger partial charge in [0.25, 0.3) is 5.91 Å². The van der Waals surface area contributed by atoms with Crippen LogP contribution in [0.5, 0.6) is 0 Å². The summed E-state index contributed by atoms with van der Waals surface area (Å²) in [5.74, 6) is 0.0892. The topological polar surface area (TPSA) is 51.2 Å². The van der Waals surface area contributed by atoms with Gasteiger partial charge in [0.05, 0.1) is 11.6 Å². The van der Waals surface area contributed by atoms with Gasteiger partial charge in [-0.3, -0.25) is 4.79 Å². The minimum absolute atomic E-state index is 0.0152. The molecule has 0 saturated carbocycles. The lowest BCUT2D eigenvalue weighted by atomic mass is 10.1. The Hall–Kier alpha value is -1.91. The Morgan fingerprint density at radius 1 is 1.33 bits per heavy atom. The molecule has 0 radical (unpaired) electrons. The molecule has 0 saturated heterocycles. The minimum atomic E-state index is -0.264. The van der Waals surface area contributed by atoms with E-state index in [-0.39, 0.29) is 12.5 Å². The van der Waals surface area contributed by atoms with Crippen LogP contribution in [-0.4, -0.2) is 24.1 Å². The summed E-state index contributed by atoms with van der Waals surface area (Å²) in [6.45, 7) is 2.53. The highest BCUT2D eigenvalue weighted by Gasteiger charge is 2.06. The number of carbonyl (C=O) groups excluding carboxylic acids is 1. The lowest BCUT2D eigenvalue weighted by Crippen LogP contribution is -2.20. The van der Waals surface area contributed by atoms with Gasteiger partial charge in [-0.15, -0.1) is 0 Å². The van der Waals surface area contributed by atoms with Crippen molar-refractivity contribution < 1.29 is 9.53 Å². The fourth-order valence-electron chi connectivity index (χ4n) is 1.87. The third kappa shape index (κ3) is 5.17. The van der Waals surface area contributed by atoms with Crippen LogP contribution in [0.4, 0.5) is 5.82 Å². The summed E-state index contributed by atoms with van der Waals surface area (Å²) in [7, 11) is 0. The van der Waals surface area contributed by atoms with Gasteiger partial charge in [0.15, 0.2) is 5.82 Å². The van der Waals surface area contributed by atoms with E-state index < -0.39 is 0 Å². The monoisotopic (exact) mass is 304 g/mol. The molecule has 0 aliphatic rings. The van der Waals surface area contributed by atoms with Crippen LogP contribution in [0, 0.1) is 6.92 Å². The van der Waals surface area contributed by atoms with Crippen molar-refractivity contribution in [1.82, 2.24) is 4.98 Å². The Morgan fingerprint density at radius 3 is 2.95 bits per heavy atom. The van der Waals surface area contributed by atoms with Gasteiger partial charge in [0.2, 0.25) is 0 Å². The predicted molar refractivity (Wildman–Crippen MR) is 83.6 cm³/mol. The molecule has 0 unspecified atom stereocenters. The number of aryl methyl sites for hydroxylation is 1. The van der Waals surface area contributed by atoms with E-state index in [0.29, 0.717) is 17.4 Å². The minimum Gasteiger partial charge on any atom is -0.371 e. The van der Waals surface area contributed by atoms with Gasteiger partial charge >= 0.3 is 0 Å². The number of rotatable bonds is 6. The fourth-order valence-corrected chi connectivity index (χ4v) is 2.04. The fraction of sp³-hybridized carbons (Fsp3) is 0.250. The second-order valence-corrected chi connectivity index (χ2v) is 5.08. The summed E-state index contributed by atoms with van der Waals surface area (Å²) in [5, 5.41) is 3.02. The van der Waals surface area contributed by atoms with Crippen LogP contribution >= 0.6 is 11.6 Å². The van der Waals surface area contributed by atoms with Crippen LogP contribution in [0.15, 0.2) is 42.6 Å². The SMILES string of the molecule is Cc1cccc(CCOCC(=O)Nc2ncccc2Cl)c1. The molecule has 1 amide bonds. The molecule has 1 aromatic heterocycles. The Bertz CT molecular complexity index is 617. The number of aromatic nitrogens is 1. The van der Waals surface area contributed by atoms with Gasteiger partial charge in [0, 0.05) is 6.20 Å². The highest BCUT2D eigenvalue weighted by molar-refractivity contribution is 6.33. The van der Waals surface area contributed by atoms with E-state index >= 15 is 0 Å². The third-order valence-electron chi connectivity index (χ3n) is 2.87. The summed E-state index contributed by atoms with van der Waals surface area (Å²) in [6, 6.07) is 11.6. The van der Waals surface area contributed by atoms with Gasteiger partial charge in [-0.05, 0) is 31.0 Å². The molecule has 21 heavy (non-hydrogen) atoms. The van der Waals surface area contributed by atoms with Crippen LogP contribution in [0.1, 0.15) is 11.1 Å². The predicted octanol–water partition coefficient (Wildman–Crippen LogP) is 3.24. The number of pyridine rings is 1. The van der Waals surface area contributed by atoms with E-state index in [2.05, 4.69) is 29.4 Å². The first-order chi connectivity index (χ1) is 10.1. The number of halogens is 1. The Balaban J connectivity index is 1.71. The van der Waals surface area contributed by atoms with E-state index in [1.54, 1.807) is 18.3 Å².